The molecule has 2 N–H and O–H groups in total. The molecule has 0 radical (unpaired) electrons. The lowest BCUT2D eigenvalue weighted by atomic mass is 9.94. The standard InChI is InChI=1S/C32H34BrN5O3S/c1-6-16-42-32-36-31-34-21(4)28(30(39)35-25-9-7-8-19(2)20(25)3)29(38(31)37-32)23-12-15-26(27(17-23)40-5)41-18-22-10-13-24(33)14-11-22/h7-15,17,29H,6,16,18H2,1-5H3,(H,35,39)(H,34,36,37). The van der Waals surface area contributed by atoms with Crippen molar-refractivity contribution in [3.8, 4) is 11.5 Å². The minimum Gasteiger partial charge on any atom is -0.493 e. The first kappa shape index (κ1) is 29.7. The number of anilines is 2. The molecule has 10 heteroatoms. The number of rotatable bonds is 10. The molecule has 0 aliphatic carbocycles. The van der Waals surface area contributed by atoms with E-state index in [1.165, 1.54) is 0 Å². The van der Waals surface area contributed by atoms with Crippen LogP contribution in [0.25, 0.3) is 0 Å². The fourth-order valence-electron chi connectivity index (χ4n) is 4.78. The molecule has 8 nitrogen and oxygen atoms in total. The maximum absolute atomic E-state index is 14.0. The smallest absolute Gasteiger partial charge is 0.255 e. The summed E-state index contributed by atoms with van der Waals surface area (Å²) < 4.78 is 14.7. The van der Waals surface area contributed by atoms with Crippen molar-refractivity contribution < 1.29 is 14.3 Å². The molecule has 4 aromatic rings. The van der Waals surface area contributed by atoms with Gasteiger partial charge >= 0.3 is 0 Å². The predicted octanol–water partition coefficient (Wildman–Crippen LogP) is 7.67. The molecule has 1 aliphatic rings. The lowest BCUT2D eigenvalue weighted by Gasteiger charge is -2.29. The molecule has 218 valence electrons. The van der Waals surface area contributed by atoms with Crippen LogP contribution in [-0.4, -0.2) is 33.5 Å². The highest BCUT2D eigenvalue weighted by Crippen LogP contribution is 2.40. The Kier molecular flexibility index (Phi) is 9.23. The molecule has 0 bridgehead atoms. The molecular formula is C32H34BrN5O3S. The van der Waals surface area contributed by atoms with Crippen molar-refractivity contribution in [2.24, 2.45) is 0 Å². The first-order chi connectivity index (χ1) is 20.3. The number of nitrogens with zero attached hydrogens (tertiary/aromatic N) is 3. The summed E-state index contributed by atoms with van der Waals surface area (Å²) in [5, 5.41) is 12.0. The Morgan fingerprint density at radius 2 is 1.88 bits per heavy atom. The third kappa shape index (κ3) is 6.34. The van der Waals surface area contributed by atoms with E-state index >= 15 is 0 Å². The van der Waals surface area contributed by atoms with Gasteiger partial charge in [-0.2, -0.15) is 4.98 Å². The highest BCUT2D eigenvalue weighted by atomic mass is 79.9. The van der Waals surface area contributed by atoms with Crippen molar-refractivity contribution in [2.45, 2.75) is 51.9 Å². The number of halogens is 1. The van der Waals surface area contributed by atoms with Crippen molar-refractivity contribution in [2.75, 3.05) is 23.5 Å². The van der Waals surface area contributed by atoms with Gasteiger partial charge in [0.25, 0.3) is 5.91 Å². The van der Waals surface area contributed by atoms with Gasteiger partial charge in [0, 0.05) is 21.6 Å². The Morgan fingerprint density at radius 3 is 2.62 bits per heavy atom. The second-order valence-electron chi connectivity index (χ2n) is 10.1. The van der Waals surface area contributed by atoms with E-state index in [2.05, 4.69) is 33.5 Å². The van der Waals surface area contributed by atoms with E-state index in [1.54, 1.807) is 23.6 Å². The number of hydrogen-bond donors (Lipinski definition) is 2. The molecule has 3 aromatic carbocycles. The second-order valence-corrected chi connectivity index (χ2v) is 12.1. The van der Waals surface area contributed by atoms with Crippen molar-refractivity contribution in [1.82, 2.24) is 14.8 Å². The van der Waals surface area contributed by atoms with Crippen LogP contribution in [0.1, 0.15) is 48.6 Å². The minimum absolute atomic E-state index is 0.211. The van der Waals surface area contributed by atoms with Gasteiger partial charge in [-0.1, -0.05) is 64.9 Å². The van der Waals surface area contributed by atoms with Crippen LogP contribution in [0.5, 0.6) is 11.5 Å². The van der Waals surface area contributed by atoms with E-state index in [0.717, 1.165) is 44.6 Å². The number of methoxy groups -OCH3 is 1. The third-order valence-electron chi connectivity index (χ3n) is 7.18. The maximum atomic E-state index is 14.0. The molecule has 0 spiro atoms. The number of benzene rings is 3. The largest absolute Gasteiger partial charge is 0.493 e. The fraction of sp³-hybridized carbons (Fsp3) is 0.281. The normalized spacial score (nSPS) is 14.3. The second kappa shape index (κ2) is 13.0. The van der Waals surface area contributed by atoms with Crippen molar-refractivity contribution in [3.05, 3.63) is 98.7 Å². The molecule has 1 aromatic heterocycles. The molecule has 0 fully saturated rings. The van der Waals surface area contributed by atoms with Gasteiger partial charge in [-0.25, -0.2) is 4.68 Å². The number of amides is 1. The van der Waals surface area contributed by atoms with E-state index in [9.17, 15) is 4.79 Å². The maximum Gasteiger partial charge on any atom is 0.255 e. The molecular weight excluding hydrogens is 614 g/mol. The van der Waals surface area contributed by atoms with Gasteiger partial charge in [-0.15, -0.1) is 5.10 Å². The summed E-state index contributed by atoms with van der Waals surface area (Å²) in [5.41, 5.74) is 6.03. The molecule has 1 unspecified atom stereocenters. The SMILES string of the molecule is CCCSc1nc2n(n1)C(c1ccc(OCc3ccc(Br)cc3)c(OC)c1)C(C(=O)Nc1cccc(C)c1C)=C(C)N2. The van der Waals surface area contributed by atoms with Gasteiger partial charge in [0.05, 0.1) is 12.7 Å². The zero-order valence-electron chi connectivity index (χ0n) is 24.3. The van der Waals surface area contributed by atoms with Gasteiger partial charge in [0.15, 0.2) is 11.5 Å². The Labute approximate surface area is 259 Å². The summed E-state index contributed by atoms with van der Waals surface area (Å²) in [6.07, 6.45) is 1.01. The number of carbonyl (C=O) groups is 1. The van der Waals surface area contributed by atoms with Crippen LogP contribution in [0.2, 0.25) is 0 Å². The number of fused-ring (bicyclic) bond motifs is 1. The zero-order chi connectivity index (χ0) is 29.8. The van der Waals surface area contributed by atoms with Gasteiger partial charge in [0.1, 0.15) is 12.6 Å². The number of aryl methyl sites for hydroxylation is 1. The average Bonchev–Trinajstić information content (AvgIpc) is 3.39. The number of hydrogen-bond acceptors (Lipinski definition) is 7. The Bertz CT molecular complexity index is 1630. The highest BCUT2D eigenvalue weighted by molar-refractivity contribution is 9.10. The minimum atomic E-state index is -0.538. The van der Waals surface area contributed by atoms with Gasteiger partial charge < -0.3 is 20.1 Å². The summed E-state index contributed by atoms with van der Waals surface area (Å²) in [4.78, 5) is 18.7. The first-order valence-corrected chi connectivity index (χ1v) is 15.6. The van der Waals surface area contributed by atoms with Crippen LogP contribution in [0.15, 0.2) is 81.6 Å². The number of carbonyl (C=O) groups excluding carboxylic acids is 1. The number of thioether (sulfide) groups is 1. The molecule has 1 aliphatic heterocycles. The summed E-state index contributed by atoms with van der Waals surface area (Å²) in [6.45, 7) is 8.45. The summed E-state index contributed by atoms with van der Waals surface area (Å²) >= 11 is 5.06. The van der Waals surface area contributed by atoms with Crippen LogP contribution < -0.4 is 20.1 Å². The van der Waals surface area contributed by atoms with E-state index in [1.807, 2.05) is 81.4 Å². The quantitative estimate of drug-likeness (QED) is 0.171. The topological polar surface area (TPSA) is 90.3 Å². The van der Waals surface area contributed by atoms with Crippen LogP contribution >= 0.6 is 27.7 Å². The number of nitrogens with one attached hydrogen (secondary N) is 2. The predicted molar refractivity (Wildman–Crippen MR) is 172 cm³/mol. The molecule has 0 saturated heterocycles. The van der Waals surface area contributed by atoms with Crippen LogP contribution in [0.3, 0.4) is 0 Å². The van der Waals surface area contributed by atoms with Crippen molar-refractivity contribution in [3.63, 3.8) is 0 Å². The van der Waals surface area contributed by atoms with Crippen molar-refractivity contribution in [1.29, 1.82) is 0 Å². The number of aromatic nitrogens is 3. The summed E-state index contributed by atoms with van der Waals surface area (Å²) in [7, 11) is 1.61. The number of ether oxygens (including phenoxy) is 2. The molecule has 2 heterocycles. The van der Waals surface area contributed by atoms with Gasteiger partial charge in [-0.3, -0.25) is 4.79 Å². The Morgan fingerprint density at radius 1 is 1.10 bits per heavy atom. The lowest BCUT2D eigenvalue weighted by Crippen LogP contribution is -2.31. The fourth-order valence-corrected chi connectivity index (χ4v) is 5.73. The van der Waals surface area contributed by atoms with E-state index in [0.29, 0.717) is 40.5 Å². The monoisotopic (exact) mass is 647 g/mol. The molecule has 42 heavy (non-hydrogen) atoms. The summed E-state index contributed by atoms with van der Waals surface area (Å²) in [5.74, 6) is 2.46. The Balaban J connectivity index is 1.52. The lowest BCUT2D eigenvalue weighted by molar-refractivity contribution is -0.113. The third-order valence-corrected chi connectivity index (χ3v) is 8.75. The molecule has 0 saturated carbocycles. The van der Waals surface area contributed by atoms with Gasteiger partial charge in [-0.05, 0) is 79.8 Å². The van der Waals surface area contributed by atoms with Crippen LogP contribution in [0, 0.1) is 13.8 Å². The van der Waals surface area contributed by atoms with Crippen LogP contribution in [-0.2, 0) is 11.4 Å². The molecule has 1 atom stereocenters. The Hall–Kier alpha value is -3.76. The number of allylic oxidation sites excluding steroid dienone is 1. The van der Waals surface area contributed by atoms with E-state index in [-0.39, 0.29) is 5.91 Å². The van der Waals surface area contributed by atoms with Gasteiger partial charge in [0.2, 0.25) is 11.1 Å². The zero-order valence-corrected chi connectivity index (χ0v) is 26.7. The van der Waals surface area contributed by atoms with E-state index in [4.69, 9.17) is 19.6 Å². The first-order valence-electron chi connectivity index (χ1n) is 13.8. The van der Waals surface area contributed by atoms with Crippen LogP contribution in [0.4, 0.5) is 11.6 Å². The van der Waals surface area contributed by atoms with Crippen molar-refractivity contribution >= 4 is 45.2 Å². The highest BCUT2D eigenvalue weighted by Gasteiger charge is 2.35. The summed E-state index contributed by atoms with van der Waals surface area (Å²) in [6, 6.07) is 19.1. The molecule has 1 amide bonds. The molecule has 5 rings (SSSR count). The van der Waals surface area contributed by atoms with E-state index < -0.39 is 6.04 Å². The average molecular weight is 649 g/mol.